The Labute approximate surface area is 154 Å². The molecule has 1 saturated carbocycles. The summed E-state index contributed by atoms with van der Waals surface area (Å²) in [6.07, 6.45) is 5.70. The van der Waals surface area contributed by atoms with Crippen molar-refractivity contribution in [3.8, 4) is 5.75 Å². The Morgan fingerprint density at radius 2 is 1.81 bits per heavy atom. The first-order valence-electron chi connectivity index (χ1n) is 9.52. The summed E-state index contributed by atoms with van der Waals surface area (Å²) in [7, 11) is -3.52. The van der Waals surface area contributed by atoms with Gasteiger partial charge >= 0.3 is 0 Å². The second-order valence-electron chi connectivity index (χ2n) is 7.54. The highest BCUT2D eigenvalue weighted by Gasteiger charge is 2.44. The molecule has 4 nitrogen and oxygen atoms in total. The highest BCUT2D eigenvalue weighted by Crippen LogP contribution is 2.44. The highest BCUT2D eigenvalue weighted by molar-refractivity contribution is 7.89. The predicted molar refractivity (Wildman–Crippen MR) is 99.8 cm³/mol. The van der Waals surface area contributed by atoms with E-state index in [1.54, 1.807) is 6.07 Å². The summed E-state index contributed by atoms with van der Waals surface area (Å²) in [6.45, 7) is 0.640. The third-order valence-electron chi connectivity index (χ3n) is 5.79. The molecule has 0 aromatic heterocycles. The highest BCUT2D eigenvalue weighted by atomic mass is 32.2. The summed E-state index contributed by atoms with van der Waals surface area (Å²) < 4.78 is 34.6. The van der Waals surface area contributed by atoms with Gasteiger partial charge < -0.3 is 4.74 Å². The summed E-state index contributed by atoms with van der Waals surface area (Å²) in [5, 5.41) is 0. The average Bonchev–Trinajstić information content (AvgIpc) is 3.36. The van der Waals surface area contributed by atoms with E-state index in [2.05, 4.69) is 18.2 Å². The molecule has 0 bridgehead atoms. The van der Waals surface area contributed by atoms with Gasteiger partial charge in [-0.15, -0.1) is 0 Å². The van der Waals surface area contributed by atoms with Gasteiger partial charge in [-0.3, -0.25) is 0 Å². The number of fused-ring (bicyclic) bond motifs is 2. The minimum atomic E-state index is -3.52. The van der Waals surface area contributed by atoms with Crippen LogP contribution in [0, 0.1) is 0 Å². The zero-order valence-electron chi connectivity index (χ0n) is 14.7. The maximum Gasteiger partial charge on any atom is 0.243 e. The normalized spacial score (nSPS) is 22.0. The molecule has 0 spiro atoms. The van der Waals surface area contributed by atoms with E-state index >= 15 is 0 Å². The average molecular weight is 369 g/mol. The van der Waals surface area contributed by atoms with Crippen molar-refractivity contribution in [3.63, 3.8) is 0 Å². The molecule has 1 atom stereocenters. The smallest absolute Gasteiger partial charge is 0.243 e. The second-order valence-corrected chi connectivity index (χ2v) is 9.38. The Morgan fingerprint density at radius 3 is 2.65 bits per heavy atom. The molecule has 2 aromatic rings. The van der Waals surface area contributed by atoms with E-state index in [1.807, 2.05) is 22.5 Å². The van der Waals surface area contributed by atoms with Gasteiger partial charge in [0.2, 0.25) is 10.0 Å². The second kappa shape index (κ2) is 6.10. The third kappa shape index (κ3) is 2.65. The number of rotatable bonds is 4. The fourth-order valence-electron chi connectivity index (χ4n) is 4.39. The van der Waals surface area contributed by atoms with Crippen LogP contribution in [0.25, 0.3) is 0 Å². The Kier molecular flexibility index (Phi) is 3.83. The van der Waals surface area contributed by atoms with Crippen LogP contribution >= 0.6 is 0 Å². The first-order chi connectivity index (χ1) is 12.6. The number of nitrogens with zero attached hydrogens (tertiary/aromatic N) is 1. The lowest BCUT2D eigenvalue weighted by Crippen LogP contribution is -2.38. The predicted octanol–water partition coefficient (Wildman–Crippen LogP) is 3.85. The van der Waals surface area contributed by atoms with Crippen molar-refractivity contribution in [3.05, 3.63) is 59.2 Å². The maximum absolute atomic E-state index is 13.6. The molecule has 1 fully saturated rings. The Bertz CT molecular complexity index is 949. The van der Waals surface area contributed by atoms with Gasteiger partial charge in [-0.2, -0.15) is 4.31 Å². The van der Waals surface area contributed by atoms with Gasteiger partial charge in [-0.25, -0.2) is 8.42 Å². The zero-order chi connectivity index (χ0) is 17.7. The molecule has 3 aliphatic rings. The molecule has 2 aliphatic carbocycles. The third-order valence-corrected chi connectivity index (χ3v) is 7.75. The van der Waals surface area contributed by atoms with Crippen molar-refractivity contribution < 1.29 is 13.2 Å². The molecule has 0 saturated heterocycles. The number of aryl methyl sites for hydroxylation is 1. The first-order valence-corrected chi connectivity index (χ1v) is 11.0. The molecule has 26 heavy (non-hydrogen) atoms. The lowest BCUT2D eigenvalue weighted by atomic mass is 9.87. The van der Waals surface area contributed by atoms with Gasteiger partial charge in [0.25, 0.3) is 0 Å². The standard InChI is InChI=1S/C21H23NO3S/c23-26(24,18-10-11-21-16(14-18)12-13-25-21)22(17-8-9-17)20-7-3-5-15-4-1-2-6-19(15)20/h1-2,4,6,10-11,14,17,20H,3,5,7-9,12-13H2/t20-/m0/s1. The Balaban J connectivity index is 1.58. The van der Waals surface area contributed by atoms with Gasteiger partial charge in [0.05, 0.1) is 17.5 Å². The van der Waals surface area contributed by atoms with Crippen molar-refractivity contribution in [2.24, 2.45) is 0 Å². The fourth-order valence-corrected chi connectivity index (χ4v) is 6.32. The number of hydrogen-bond acceptors (Lipinski definition) is 3. The van der Waals surface area contributed by atoms with E-state index in [0.29, 0.717) is 11.5 Å². The maximum atomic E-state index is 13.6. The molecule has 5 rings (SSSR count). The minimum absolute atomic E-state index is 0.0399. The van der Waals surface area contributed by atoms with Crippen LogP contribution in [0.5, 0.6) is 5.75 Å². The van der Waals surface area contributed by atoms with E-state index in [1.165, 1.54) is 11.1 Å². The molecule has 0 radical (unpaired) electrons. The molecule has 5 heteroatoms. The summed E-state index contributed by atoms with van der Waals surface area (Å²) in [5.41, 5.74) is 3.50. The van der Waals surface area contributed by atoms with Crippen molar-refractivity contribution in [2.75, 3.05) is 6.61 Å². The molecule has 0 amide bonds. The van der Waals surface area contributed by atoms with Crippen molar-refractivity contribution in [2.45, 2.75) is 55.5 Å². The summed E-state index contributed by atoms with van der Waals surface area (Å²) >= 11 is 0. The van der Waals surface area contributed by atoms with Crippen LogP contribution in [0.15, 0.2) is 47.4 Å². The van der Waals surface area contributed by atoms with Gasteiger partial charge in [0.15, 0.2) is 0 Å². The van der Waals surface area contributed by atoms with Crippen LogP contribution < -0.4 is 4.74 Å². The molecule has 1 aliphatic heterocycles. The lowest BCUT2D eigenvalue weighted by molar-refractivity contribution is 0.286. The van der Waals surface area contributed by atoms with Gasteiger partial charge in [0, 0.05) is 12.5 Å². The van der Waals surface area contributed by atoms with Gasteiger partial charge in [-0.05, 0) is 67.0 Å². The molecule has 0 N–H and O–H groups in total. The topological polar surface area (TPSA) is 46.6 Å². The lowest BCUT2D eigenvalue weighted by Gasteiger charge is -2.35. The van der Waals surface area contributed by atoms with Crippen LogP contribution in [0.2, 0.25) is 0 Å². The number of sulfonamides is 1. The van der Waals surface area contributed by atoms with E-state index in [4.69, 9.17) is 4.74 Å². The zero-order valence-corrected chi connectivity index (χ0v) is 15.5. The van der Waals surface area contributed by atoms with Crippen LogP contribution in [0.3, 0.4) is 0 Å². The van der Waals surface area contributed by atoms with Gasteiger partial charge in [0.1, 0.15) is 5.75 Å². The molecule has 1 heterocycles. The van der Waals surface area contributed by atoms with E-state index in [0.717, 1.165) is 49.8 Å². The van der Waals surface area contributed by atoms with E-state index in [9.17, 15) is 8.42 Å². The van der Waals surface area contributed by atoms with Crippen molar-refractivity contribution in [1.29, 1.82) is 0 Å². The minimum Gasteiger partial charge on any atom is -0.493 e. The van der Waals surface area contributed by atoms with Crippen LogP contribution in [-0.2, 0) is 22.9 Å². The summed E-state index contributed by atoms with van der Waals surface area (Å²) in [5.74, 6) is 0.824. The number of hydrogen-bond donors (Lipinski definition) is 0. The van der Waals surface area contributed by atoms with Crippen LogP contribution in [0.1, 0.15) is 48.4 Å². The monoisotopic (exact) mass is 369 g/mol. The SMILES string of the molecule is O=S(=O)(c1ccc2c(c1)CCO2)N(C1CC1)[C@H]1CCCc2ccccc21. The number of benzene rings is 2. The van der Waals surface area contributed by atoms with Crippen LogP contribution in [-0.4, -0.2) is 25.4 Å². The molecular formula is C21H23NO3S. The molecule has 2 aromatic carbocycles. The molecule has 0 unspecified atom stereocenters. The summed E-state index contributed by atoms with van der Waals surface area (Å²) in [6, 6.07) is 13.8. The first kappa shape index (κ1) is 16.3. The van der Waals surface area contributed by atoms with Gasteiger partial charge in [-0.1, -0.05) is 24.3 Å². The fraction of sp³-hybridized carbons (Fsp3) is 0.429. The van der Waals surface area contributed by atoms with Crippen molar-refractivity contribution in [1.82, 2.24) is 4.31 Å². The van der Waals surface area contributed by atoms with Crippen molar-refractivity contribution >= 4 is 10.0 Å². The Morgan fingerprint density at radius 1 is 0.962 bits per heavy atom. The number of ether oxygens (including phenoxy) is 1. The van der Waals surface area contributed by atoms with E-state index in [-0.39, 0.29) is 12.1 Å². The quantitative estimate of drug-likeness (QED) is 0.822. The largest absolute Gasteiger partial charge is 0.493 e. The summed E-state index contributed by atoms with van der Waals surface area (Å²) in [4.78, 5) is 0.414. The molecule has 136 valence electrons. The molecular weight excluding hydrogens is 346 g/mol. The van der Waals surface area contributed by atoms with Crippen LogP contribution in [0.4, 0.5) is 0 Å². The Hall–Kier alpha value is -1.85. The van der Waals surface area contributed by atoms with E-state index < -0.39 is 10.0 Å².